The smallest absolute Gasteiger partial charge is 0.410 e. The third-order valence-corrected chi connectivity index (χ3v) is 7.81. The van der Waals surface area contributed by atoms with Gasteiger partial charge in [0.25, 0.3) is 0 Å². The van der Waals surface area contributed by atoms with Crippen LogP contribution in [0.15, 0.2) is 43.1 Å². The number of nitrogens with zero attached hydrogens (tertiary/aromatic N) is 6. The summed E-state index contributed by atoms with van der Waals surface area (Å²) in [4.78, 5) is 29.8. The molecule has 0 aliphatic carbocycles. The number of benzene rings is 1. The van der Waals surface area contributed by atoms with Crippen molar-refractivity contribution in [1.82, 2.24) is 24.4 Å². The fraction of sp³-hybridized carbons (Fsp3) is 0.517. The van der Waals surface area contributed by atoms with Crippen LogP contribution in [-0.4, -0.2) is 68.4 Å². The summed E-state index contributed by atoms with van der Waals surface area (Å²) in [6.45, 7) is 8.34. The minimum Gasteiger partial charge on any atom is -0.485 e. The van der Waals surface area contributed by atoms with Gasteiger partial charge in [-0.2, -0.15) is 0 Å². The van der Waals surface area contributed by atoms with E-state index in [1.165, 1.54) is 0 Å². The average molecular weight is 535 g/mol. The van der Waals surface area contributed by atoms with Crippen LogP contribution < -0.4 is 9.64 Å². The van der Waals surface area contributed by atoms with Crippen LogP contribution in [0.1, 0.15) is 58.1 Å². The number of carbonyl (C=O) groups is 1. The van der Waals surface area contributed by atoms with Crippen LogP contribution in [0.4, 0.5) is 15.1 Å². The molecule has 2 saturated heterocycles. The standard InChI is InChI=1S/C29H35FN6O3/c1-29(2,3)39-28(37)35-11-5-6-20(17-35)38-21-14-32-27(33-15-21)34-12-9-19(10-13-34)26-25-22(7-4-8-23(25)30)24-16-31-18-36(24)26/h4,7-8,14-16,18-20,26H,5-6,9-13,17H2,1-3H3. The number of rotatable bonds is 4. The highest BCUT2D eigenvalue weighted by Crippen LogP contribution is 2.46. The Bertz CT molecular complexity index is 1330. The lowest BCUT2D eigenvalue weighted by Crippen LogP contribution is -2.46. The molecule has 2 atom stereocenters. The fourth-order valence-corrected chi connectivity index (χ4v) is 6.07. The molecule has 2 fully saturated rings. The van der Waals surface area contributed by atoms with Gasteiger partial charge in [0.05, 0.1) is 43.2 Å². The topological polar surface area (TPSA) is 85.6 Å². The fourth-order valence-electron chi connectivity index (χ4n) is 6.07. The number of halogens is 1. The minimum atomic E-state index is -0.525. The normalized spacial score (nSPS) is 21.4. The molecule has 39 heavy (non-hydrogen) atoms. The van der Waals surface area contributed by atoms with Crippen LogP contribution in [0.5, 0.6) is 5.75 Å². The van der Waals surface area contributed by atoms with Crippen molar-refractivity contribution >= 4 is 12.0 Å². The Morgan fingerprint density at radius 3 is 2.56 bits per heavy atom. The minimum absolute atomic E-state index is 0.0340. The first-order chi connectivity index (χ1) is 18.8. The van der Waals surface area contributed by atoms with E-state index in [0.29, 0.717) is 30.7 Å². The Labute approximate surface area is 228 Å². The Hall–Kier alpha value is -3.69. The van der Waals surface area contributed by atoms with E-state index in [0.717, 1.165) is 55.6 Å². The second kappa shape index (κ2) is 10.1. The highest BCUT2D eigenvalue weighted by molar-refractivity contribution is 5.69. The zero-order chi connectivity index (χ0) is 27.1. The number of carbonyl (C=O) groups excluding carboxylic acids is 1. The molecule has 3 aromatic rings. The molecule has 10 heteroatoms. The van der Waals surface area contributed by atoms with Crippen molar-refractivity contribution in [1.29, 1.82) is 0 Å². The van der Waals surface area contributed by atoms with Crippen molar-refractivity contribution in [3.63, 3.8) is 0 Å². The highest BCUT2D eigenvalue weighted by Gasteiger charge is 2.38. The van der Waals surface area contributed by atoms with Crippen LogP contribution in [0.2, 0.25) is 0 Å². The van der Waals surface area contributed by atoms with Crippen molar-refractivity contribution in [2.75, 3.05) is 31.1 Å². The lowest BCUT2D eigenvalue weighted by Gasteiger charge is -2.36. The molecule has 206 valence electrons. The Balaban J connectivity index is 1.06. The molecule has 0 N–H and O–H groups in total. The van der Waals surface area contributed by atoms with Gasteiger partial charge in [-0.25, -0.2) is 24.1 Å². The summed E-state index contributed by atoms with van der Waals surface area (Å²) in [5, 5.41) is 0. The van der Waals surface area contributed by atoms with Crippen LogP contribution in [0.25, 0.3) is 11.3 Å². The van der Waals surface area contributed by atoms with E-state index in [1.54, 1.807) is 29.4 Å². The number of imidazole rings is 1. The molecule has 2 aromatic heterocycles. The summed E-state index contributed by atoms with van der Waals surface area (Å²) < 4.78 is 28.7. The highest BCUT2D eigenvalue weighted by atomic mass is 19.1. The first-order valence-corrected chi connectivity index (χ1v) is 13.8. The first-order valence-electron chi connectivity index (χ1n) is 13.8. The number of fused-ring (bicyclic) bond motifs is 3. The number of amides is 1. The summed E-state index contributed by atoms with van der Waals surface area (Å²) in [5.41, 5.74) is 2.21. The van der Waals surface area contributed by atoms with Gasteiger partial charge in [-0.3, -0.25) is 0 Å². The maximum Gasteiger partial charge on any atom is 0.410 e. The SMILES string of the molecule is CC(C)(C)OC(=O)N1CCCC(Oc2cnc(N3CCC(C4c5c(F)cccc5-c5cncn54)CC3)nc2)C1. The average Bonchev–Trinajstić information content (AvgIpc) is 3.51. The molecule has 9 nitrogen and oxygen atoms in total. The molecular weight excluding hydrogens is 499 g/mol. The number of piperidine rings is 2. The maximum atomic E-state index is 14.9. The number of ether oxygens (including phenoxy) is 2. The van der Waals surface area contributed by atoms with E-state index in [9.17, 15) is 9.18 Å². The summed E-state index contributed by atoms with van der Waals surface area (Å²) in [7, 11) is 0. The van der Waals surface area contributed by atoms with Gasteiger partial charge in [0.1, 0.15) is 17.5 Å². The lowest BCUT2D eigenvalue weighted by atomic mass is 9.85. The number of likely N-dealkylation sites (tertiary alicyclic amines) is 1. The number of aromatic nitrogens is 4. The van der Waals surface area contributed by atoms with E-state index in [4.69, 9.17) is 9.47 Å². The number of anilines is 1. The predicted octanol–water partition coefficient (Wildman–Crippen LogP) is 5.08. The van der Waals surface area contributed by atoms with Crippen LogP contribution in [0.3, 0.4) is 0 Å². The number of hydrogen-bond donors (Lipinski definition) is 0. The van der Waals surface area contributed by atoms with E-state index in [1.807, 2.05) is 39.4 Å². The Kier molecular flexibility index (Phi) is 6.64. The van der Waals surface area contributed by atoms with Gasteiger partial charge in [0, 0.05) is 30.8 Å². The monoisotopic (exact) mass is 534 g/mol. The summed E-state index contributed by atoms with van der Waals surface area (Å²) in [6.07, 6.45) is 10.2. The zero-order valence-electron chi connectivity index (χ0n) is 22.7. The molecule has 3 aliphatic rings. The molecule has 1 aromatic carbocycles. The Morgan fingerprint density at radius 2 is 1.82 bits per heavy atom. The molecule has 0 bridgehead atoms. The molecule has 0 radical (unpaired) electrons. The molecular formula is C29H35FN6O3. The summed E-state index contributed by atoms with van der Waals surface area (Å²) >= 11 is 0. The molecule has 3 aliphatic heterocycles. The van der Waals surface area contributed by atoms with Gasteiger partial charge < -0.3 is 23.8 Å². The van der Waals surface area contributed by atoms with Crippen molar-refractivity contribution < 1.29 is 18.7 Å². The second-order valence-corrected chi connectivity index (χ2v) is 11.7. The van der Waals surface area contributed by atoms with Crippen LogP contribution in [0, 0.1) is 11.7 Å². The number of hydrogen-bond acceptors (Lipinski definition) is 7. The van der Waals surface area contributed by atoms with Gasteiger partial charge in [-0.05, 0) is 58.4 Å². The van der Waals surface area contributed by atoms with Gasteiger partial charge >= 0.3 is 6.09 Å². The van der Waals surface area contributed by atoms with Crippen LogP contribution in [-0.2, 0) is 4.74 Å². The van der Waals surface area contributed by atoms with E-state index in [-0.39, 0.29) is 24.1 Å². The lowest BCUT2D eigenvalue weighted by molar-refractivity contribution is 0.00768. The maximum absolute atomic E-state index is 14.9. The van der Waals surface area contributed by atoms with E-state index >= 15 is 0 Å². The Morgan fingerprint density at radius 1 is 1.05 bits per heavy atom. The summed E-state index contributed by atoms with van der Waals surface area (Å²) in [6, 6.07) is 5.28. The first kappa shape index (κ1) is 25.6. The molecule has 5 heterocycles. The van der Waals surface area contributed by atoms with Crippen molar-refractivity contribution in [3.05, 3.63) is 54.5 Å². The molecule has 0 saturated carbocycles. The van der Waals surface area contributed by atoms with Gasteiger partial charge in [0.15, 0.2) is 5.75 Å². The van der Waals surface area contributed by atoms with E-state index < -0.39 is 5.60 Å². The quantitative estimate of drug-likeness (QED) is 0.462. The molecule has 0 spiro atoms. The third kappa shape index (κ3) is 5.16. The van der Waals surface area contributed by atoms with Crippen molar-refractivity contribution in [2.45, 2.75) is 64.2 Å². The zero-order valence-corrected chi connectivity index (χ0v) is 22.7. The molecule has 2 unspecified atom stereocenters. The second-order valence-electron chi connectivity index (χ2n) is 11.7. The molecule has 1 amide bonds. The third-order valence-electron chi connectivity index (χ3n) is 7.81. The van der Waals surface area contributed by atoms with E-state index in [2.05, 4.69) is 24.4 Å². The van der Waals surface area contributed by atoms with Crippen LogP contribution >= 0.6 is 0 Å². The predicted molar refractivity (Wildman–Crippen MR) is 144 cm³/mol. The van der Waals surface area contributed by atoms with Crippen molar-refractivity contribution in [3.8, 4) is 17.0 Å². The van der Waals surface area contributed by atoms with Gasteiger partial charge in [-0.1, -0.05) is 12.1 Å². The molecule has 6 rings (SSSR count). The van der Waals surface area contributed by atoms with Gasteiger partial charge in [0.2, 0.25) is 5.95 Å². The van der Waals surface area contributed by atoms with Crippen molar-refractivity contribution in [2.24, 2.45) is 5.92 Å². The largest absolute Gasteiger partial charge is 0.485 e. The summed E-state index contributed by atoms with van der Waals surface area (Å²) in [5.74, 6) is 1.42. The van der Waals surface area contributed by atoms with Gasteiger partial charge in [-0.15, -0.1) is 0 Å².